The summed E-state index contributed by atoms with van der Waals surface area (Å²) >= 11 is 0. The number of carbonyl (C=O) groups is 1. The third kappa shape index (κ3) is 3.66. The van der Waals surface area contributed by atoms with Crippen LogP contribution in [-0.4, -0.2) is 21.6 Å². The lowest BCUT2D eigenvalue weighted by atomic mass is 10.2. The molecule has 0 spiro atoms. The predicted octanol–water partition coefficient (Wildman–Crippen LogP) is 1.28. The molecule has 0 saturated carbocycles. The molecule has 1 rings (SSSR count). The van der Waals surface area contributed by atoms with Gasteiger partial charge in [0.25, 0.3) is 0 Å². The molecule has 3 N–H and O–H groups in total. The van der Waals surface area contributed by atoms with Gasteiger partial charge in [0.15, 0.2) is 0 Å². The number of nitrogens with one attached hydrogen (secondary N) is 1. The van der Waals surface area contributed by atoms with Gasteiger partial charge in [0.1, 0.15) is 5.75 Å². The summed E-state index contributed by atoms with van der Waals surface area (Å²) in [6.45, 7) is 3.68. The van der Waals surface area contributed by atoms with E-state index in [4.69, 9.17) is 5.73 Å². The molecule has 1 unspecified atom stereocenters. The molecule has 0 aliphatic rings. The minimum absolute atomic E-state index is 0.0320. The zero-order valence-corrected chi connectivity index (χ0v) is 10.3. The number of nitrogen functional groups attached to an aromatic ring is 1. The number of hydrogen-bond donors (Lipinski definition) is 2. The fourth-order valence-corrected chi connectivity index (χ4v) is 1.73. The van der Waals surface area contributed by atoms with E-state index < -0.39 is 10.8 Å². The highest BCUT2D eigenvalue weighted by molar-refractivity contribution is 7.85. The second-order valence-corrected chi connectivity index (χ2v) is 5.24. The summed E-state index contributed by atoms with van der Waals surface area (Å²) in [6, 6.07) is 5.31. The molecule has 0 bridgehead atoms. The first-order valence-electron chi connectivity index (χ1n) is 5.04. The minimum Gasteiger partial charge on any atom is -0.398 e. The molecular weight excluding hydrogens is 224 g/mol. The molecule has 1 aromatic rings. The van der Waals surface area contributed by atoms with E-state index in [0.29, 0.717) is 17.1 Å². The van der Waals surface area contributed by atoms with Gasteiger partial charge >= 0.3 is 0 Å². The van der Waals surface area contributed by atoms with E-state index in [-0.39, 0.29) is 11.7 Å². The third-order valence-electron chi connectivity index (χ3n) is 2.18. The number of amides is 1. The Hall–Kier alpha value is -1.36. The van der Waals surface area contributed by atoms with Gasteiger partial charge in [-0.3, -0.25) is 9.00 Å². The lowest BCUT2D eigenvalue weighted by Crippen LogP contribution is -2.20. The van der Waals surface area contributed by atoms with Crippen LogP contribution in [0.25, 0.3) is 0 Å². The maximum Gasteiger partial charge on any atom is 0.236 e. The summed E-state index contributed by atoms with van der Waals surface area (Å²) in [6.07, 6.45) is 0. The number of carbonyl (C=O) groups excluding carboxylic acids is 1. The Balaban J connectivity index is 2.63. The standard InChI is InChI=1S/C11H16N2O2S/c1-3-16(15)7-11(14)13-9-5-4-8(2)10(12)6-9/h4-6H,3,7,12H2,1-2H3,(H,13,14). The van der Waals surface area contributed by atoms with Gasteiger partial charge < -0.3 is 11.1 Å². The summed E-state index contributed by atoms with van der Waals surface area (Å²) < 4.78 is 11.2. The van der Waals surface area contributed by atoms with Gasteiger partial charge in [-0.15, -0.1) is 0 Å². The number of rotatable bonds is 4. The lowest BCUT2D eigenvalue weighted by molar-refractivity contribution is -0.113. The van der Waals surface area contributed by atoms with Crippen molar-refractivity contribution >= 4 is 28.1 Å². The average Bonchev–Trinajstić information content (AvgIpc) is 2.23. The molecule has 88 valence electrons. The molecule has 0 radical (unpaired) electrons. The van der Waals surface area contributed by atoms with E-state index in [9.17, 15) is 9.00 Å². The number of nitrogens with two attached hydrogens (primary N) is 1. The zero-order valence-electron chi connectivity index (χ0n) is 9.45. The second kappa shape index (κ2) is 5.65. The smallest absolute Gasteiger partial charge is 0.236 e. The highest BCUT2D eigenvalue weighted by Gasteiger charge is 2.06. The maximum atomic E-state index is 11.4. The largest absolute Gasteiger partial charge is 0.398 e. The lowest BCUT2D eigenvalue weighted by Gasteiger charge is -2.06. The van der Waals surface area contributed by atoms with Crippen LogP contribution in [0.2, 0.25) is 0 Å². The third-order valence-corrected chi connectivity index (χ3v) is 3.41. The van der Waals surface area contributed by atoms with Gasteiger partial charge in [0, 0.05) is 27.9 Å². The van der Waals surface area contributed by atoms with Crippen molar-refractivity contribution in [1.82, 2.24) is 0 Å². The molecular formula is C11H16N2O2S. The Labute approximate surface area is 97.7 Å². The monoisotopic (exact) mass is 240 g/mol. The fraction of sp³-hybridized carbons (Fsp3) is 0.364. The van der Waals surface area contributed by atoms with Gasteiger partial charge in [-0.1, -0.05) is 13.0 Å². The van der Waals surface area contributed by atoms with Crippen molar-refractivity contribution in [2.45, 2.75) is 13.8 Å². The highest BCUT2D eigenvalue weighted by Crippen LogP contribution is 2.16. The first kappa shape index (κ1) is 12.7. The Morgan fingerprint density at radius 2 is 2.19 bits per heavy atom. The molecule has 0 heterocycles. The number of anilines is 2. The Morgan fingerprint density at radius 3 is 2.75 bits per heavy atom. The number of benzene rings is 1. The average molecular weight is 240 g/mol. The van der Waals surface area contributed by atoms with Crippen LogP contribution >= 0.6 is 0 Å². The Morgan fingerprint density at radius 1 is 1.50 bits per heavy atom. The first-order valence-corrected chi connectivity index (χ1v) is 6.52. The van der Waals surface area contributed by atoms with Crippen LogP contribution in [0.4, 0.5) is 11.4 Å². The van der Waals surface area contributed by atoms with E-state index in [2.05, 4.69) is 5.32 Å². The summed E-state index contributed by atoms with van der Waals surface area (Å²) in [5, 5.41) is 2.66. The van der Waals surface area contributed by atoms with Gasteiger partial charge in [0.05, 0.1) is 0 Å². The molecule has 1 amide bonds. The summed E-state index contributed by atoms with van der Waals surface area (Å²) in [7, 11) is -1.08. The molecule has 0 fully saturated rings. The van der Waals surface area contributed by atoms with Crippen molar-refractivity contribution in [3.05, 3.63) is 23.8 Å². The van der Waals surface area contributed by atoms with E-state index >= 15 is 0 Å². The van der Waals surface area contributed by atoms with Crippen molar-refractivity contribution in [2.24, 2.45) is 0 Å². The van der Waals surface area contributed by atoms with Gasteiger partial charge in [-0.05, 0) is 24.6 Å². The molecule has 0 aliphatic carbocycles. The van der Waals surface area contributed by atoms with Gasteiger partial charge in [-0.25, -0.2) is 0 Å². The predicted molar refractivity (Wildman–Crippen MR) is 67.8 cm³/mol. The quantitative estimate of drug-likeness (QED) is 0.779. The van der Waals surface area contributed by atoms with E-state index in [0.717, 1.165) is 5.56 Å². The SMILES string of the molecule is CCS(=O)CC(=O)Nc1ccc(C)c(N)c1. The Kier molecular flexibility index (Phi) is 4.49. The first-order chi connectivity index (χ1) is 7.52. The van der Waals surface area contributed by atoms with E-state index in [1.165, 1.54) is 0 Å². The normalized spacial score (nSPS) is 12.1. The van der Waals surface area contributed by atoms with Crippen molar-refractivity contribution < 1.29 is 9.00 Å². The topological polar surface area (TPSA) is 72.2 Å². The van der Waals surface area contributed by atoms with Crippen molar-refractivity contribution in [3.8, 4) is 0 Å². The molecule has 1 atom stereocenters. The summed E-state index contributed by atoms with van der Waals surface area (Å²) in [5.41, 5.74) is 7.95. The molecule has 0 aromatic heterocycles. The van der Waals surface area contributed by atoms with Crippen LogP contribution in [0.3, 0.4) is 0 Å². The molecule has 0 aliphatic heterocycles. The molecule has 4 nitrogen and oxygen atoms in total. The van der Waals surface area contributed by atoms with E-state index in [1.807, 2.05) is 13.0 Å². The van der Waals surface area contributed by atoms with Crippen molar-refractivity contribution in [2.75, 3.05) is 22.6 Å². The van der Waals surface area contributed by atoms with Crippen molar-refractivity contribution in [1.29, 1.82) is 0 Å². The van der Waals surface area contributed by atoms with Crippen LogP contribution in [0.5, 0.6) is 0 Å². The van der Waals surface area contributed by atoms with E-state index in [1.54, 1.807) is 19.1 Å². The maximum absolute atomic E-state index is 11.4. The Bertz CT molecular complexity index is 418. The summed E-state index contributed by atoms with van der Waals surface area (Å²) in [4.78, 5) is 11.4. The molecule has 5 heteroatoms. The van der Waals surface area contributed by atoms with Crippen molar-refractivity contribution in [3.63, 3.8) is 0 Å². The number of aryl methyl sites for hydroxylation is 1. The van der Waals surface area contributed by atoms with Gasteiger partial charge in [-0.2, -0.15) is 0 Å². The van der Waals surface area contributed by atoms with Crippen LogP contribution in [0.15, 0.2) is 18.2 Å². The molecule has 0 saturated heterocycles. The molecule has 1 aromatic carbocycles. The van der Waals surface area contributed by atoms with Gasteiger partial charge in [0.2, 0.25) is 5.91 Å². The minimum atomic E-state index is -1.08. The van der Waals surface area contributed by atoms with Crippen LogP contribution < -0.4 is 11.1 Å². The summed E-state index contributed by atoms with van der Waals surface area (Å²) in [5.74, 6) is 0.275. The highest BCUT2D eigenvalue weighted by atomic mass is 32.2. The van der Waals surface area contributed by atoms with Crippen LogP contribution in [-0.2, 0) is 15.6 Å². The van der Waals surface area contributed by atoms with Crippen LogP contribution in [0.1, 0.15) is 12.5 Å². The van der Waals surface area contributed by atoms with Crippen LogP contribution in [0, 0.1) is 6.92 Å². The zero-order chi connectivity index (χ0) is 12.1. The number of hydrogen-bond acceptors (Lipinski definition) is 3. The molecule has 16 heavy (non-hydrogen) atoms. The second-order valence-electron chi connectivity index (χ2n) is 3.49. The fourth-order valence-electron chi connectivity index (χ4n) is 1.16.